The predicted molar refractivity (Wildman–Crippen MR) is 104 cm³/mol. The van der Waals surface area contributed by atoms with E-state index >= 15 is 0 Å². The quantitative estimate of drug-likeness (QED) is 0.583. The van der Waals surface area contributed by atoms with Gasteiger partial charge in [0.1, 0.15) is 5.76 Å². The Labute approximate surface area is 154 Å². The lowest BCUT2D eigenvalue weighted by molar-refractivity contribution is 0.391. The van der Waals surface area contributed by atoms with Crippen molar-refractivity contribution in [1.82, 2.24) is 20.8 Å². The van der Waals surface area contributed by atoms with E-state index in [4.69, 9.17) is 9.52 Å². The summed E-state index contributed by atoms with van der Waals surface area (Å²) in [5.74, 6) is 1.99. The van der Waals surface area contributed by atoms with E-state index in [1.165, 1.54) is 9.88 Å². The molecule has 25 heavy (non-hydrogen) atoms. The summed E-state index contributed by atoms with van der Waals surface area (Å²) in [4.78, 5) is 10.6. The van der Waals surface area contributed by atoms with Gasteiger partial charge in [0.2, 0.25) is 0 Å². The molecule has 0 bridgehead atoms. The molecule has 2 rings (SSSR count). The van der Waals surface area contributed by atoms with Gasteiger partial charge in [-0.25, -0.2) is 4.98 Å². The first kappa shape index (κ1) is 19.4. The van der Waals surface area contributed by atoms with Gasteiger partial charge in [-0.3, -0.25) is 4.99 Å². The number of rotatable bonds is 7. The second kappa shape index (κ2) is 8.99. The number of nitrogens with zero attached hydrogens (tertiary/aromatic N) is 3. The first-order chi connectivity index (χ1) is 11.9. The molecule has 0 amide bonds. The fraction of sp³-hybridized carbons (Fsp3) is 0.611. The van der Waals surface area contributed by atoms with E-state index in [-0.39, 0.29) is 5.92 Å². The number of aromatic nitrogens is 2. The van der Waals surface area contributed by atoms with Gasteiger partial charge in [-0.2, -0.15) is 0 Å². The van der Waals surface area contributed by atoms with Crippen LogP contribution in [0.2, 0.25) is 0 Å². The van der Waals surface area contributed by atoms with E-state index < -0.39 is 0 Å². The van der Waals surface area contributed by atoms with Crippen LogP contribution in [0.25, 0.3) is 0 Å². The molecule has 0 aliphatic carbocycles. The smallest absolute Gasteiger partial charge is 0.191 e. The van der Waals surface area contributed by atoms with Gasteiger partial charge in [-0.1, -0.05) is 12.1 Å². The molecule has 0 fully saturated rings. The molecule has 0 aromatic carbocycles. The van der Waals surface area contributed by atoms with Gasteiger partial charge in [0.25, 0.3) is 0 Å². The first-order valence-corrected chi connectivity index (χ1v) is 9.61. The molecule has 138 valence electrons. The lowest BCUT2D eigenvalue weighted by atomic mass is 10.00. The van der Waals surface area contributed by atoms with Crippen LogP contribution in [0.3, 0.4) is 0 Å². The van der Waals surface area contributed by atoms with Crippen molar-refractivity contribution in [3.8, 4) is 0 Å². The minimum Gasteiger partial charge on any atom is -0.361 e. The van der Waals surface area contributed by atoms with Crippen molar-refractivity contribution in [2.45, 2.75) is 53.9 Å². The second-order valence-corrected chi connectivity index (χ2v) is 7.57. The molecule has 0 aliphatic heterocycles. The molecule has 0 radical (unpaired) electrons. The highest BCUT2D eigenvalue weighted by molar-refractivity contribution is 7.11. The van der Waals surface area contributed by atoms with E-state index in [0.29, 0.717) is 6.54 Å². The minimum absolute atomic E-state index is 0.269. The van der Waals surface area contributed by atoms with Crippen LogP contribution in [0.5, 0.6) is 0 Å². The molecule has 7 heteroatoms. The Bertz CT molecular complexity index is 680. The van der Waals surface area contributed by atoms with Gasteiger partial charge < -0.3 is 15.2 Å². The van der Waals surface area contributed by atoms with Crippen molar-refractivity contribution in [2.24, 2.45) is 4.99 Å². The molecular formula is C18H29N5OS. The maximum atomic E-state index is 5.26. The average Bonchev–Trinajstić information content (AvgIpc) is 3.06. The average molecular weight is 364 g/mol. The Morgan fingerprint density at radius 3 is 2.52 bits per heavy atom. The summed E-state index contributed by atoms with van der Waals surface area (Å²) < 4.78 is 5.26. The summed E-state index contributed by atoms with van der Waals surface area (Å²) >= 11 is 1.77. The lowest BCUT2D eigenvalue weighted by Gasteiger charge is -2.13. The van der Waals surface area contributed by atoms with Crippen molar-refractivity contribution in [2.75, 3.05) is 19.6 Å². The topological polar surface area (TPSA) is 75.3 Å². The summed E-state index contributed by atoms with van der Waals surface area (Å²) in [6.45, 7) is 14.7. The van der Waals surface area contributed by atoms with Crippen molar-refractivity contribution in [1.29, 1.82) is 0 Å². The van der Waals surface area contributed by atoms with Crippen LogP contribution >= 0.6 is 11.3 Å². The molecule has 1 unspecified atom stereocenters. The van der Waals surface area contributed by atoms with Crippen molar-refractivity contribution in [3.05, 3.63) is 32.6 Å². The number of hydrogen-bond donors (Lipinski definition) is 2. The molecule has 0 saturated carbocycles. The molecule has 0 spiro atoms. The normalized spacial score (nSPS) is 13.1. The fourth-order valence-corrected chi connectivity index (χ4v) is 3.72. The van der Waals surface area contributed by atoms with Crippen LogP contribution in [-0.4, -0.2) is 35.7 Å². The molecule has 2 aromatic heterocycles. The molecule has 0 saturated heterocycles. The molecule has 1 atom stereocenters. The zero-order valence-corrected chi connectivity index (χ0v) is 16.9. The van der Waals surface area contributed by atoms with Crippen LogP contribution < -0.4 is 10.6 Å². The van der Waals surface area contributed by atoms with Gasteiger partial charge in [0.05, 0.1) is 16.4 Å². The monoisotopic (exact) mass is 363 g/mol. The third-order valence-electron chi connectivity index (χ3n) is 4.15. The van der Waals surface area contributed by atoms with Crippen molar-refractivity contribution >= 4 is 17.3 Å². The van der Waals surface area contributed by atoms with Crippen LogP contribution in [0.1, 0.15) is 52.4 Å². The van der Waals surface area contributed by atoms with E-state index in [0.717, 1.165) is 48.2 Å². The SMILES string of the molecule is CCNC(=NCC(C)c1c(C)noc1C)NCCc1nc(C)c(C)s1. The van der Waals surface area contributed by atoms with Gasteiger partial charge in [0, 0.05) is 42.4 Å². The Balaban J connectivity index is 1.91. The highest BCUT2D eigenvalue weighted by Crippen LogP contribution is 2.23. The molecule has 2 heterocycles. The van der Waals surface area contributed by atoms with E-state index in [9.17, 15) is 0 Å². The van der Waals surface area contributed by atoms with Crippen LogP contribution in [0.4, 0.5) is 0 Å². The standard InChI is InChI=1S/C18H29N5OS/c1-7-19-18(20-9-8-16-22-12(3)15(6)25-16)21-10-11(2)17-13(4)23-24-14(17)5/h11H,7-10H2,1-6H3,(H2,19,20,21). The molecule has 6 nitrogen and oxygen atoms in total. The van der Waals surface area contributed by atoms with Gasteiger partial charge >= 0.3 is 0 Å². The summed E-state index contributed by atoms with van der Waals surface area (Å²) in [6.07, 6.45) is 0.906. The van der Waals surface area contributed by atoms with E-state index in [2.05, 4.69) is 48.5 Å². The van der Waals surface area contributed by atoms with Crippen LogP contribution in [0.15, 0.2) is 9.52 Å². The van der Waals surface area contributed by atoms with E-state index in [1.807, 2.05) is 13.8 Å². The summed E-state index contributed by atoms with van der Waals surface area (Å²) in [5.41, 5.74) is 3.25. The van der Waals surface area contributed by atoms with Gasteiger partial charge in [-0.05, 0) is 34.6 Å². The molecular weight excluding hydrogens is 334 g/mol. The largest absolute Gasteiger partial charge is 0.361 e. The minimum atomic E-state index is 0.269. The third kappa shape index (κ3) is 5.29. The van der Waals surface area contributed by atoms with Gasteiger partial charge in [-0.15, -0.1) is 11.3 Å². The van der Waals surface area contributed by atoms with Crippen molar-refractivity contribution < 1.29 is 4.52 Å². The predicted octanol–water partition coefficient (Wildman–Crippen LogP) is 3.27. The Morgan fingerprint density at radius 2 is 1.96 bits per heavy atom. The highest BCUT2D eigenvalue weighted by atomic mass is 32.1. The van der Waals surface area contributed by atoms with Gasteiger partial charge in [0.15, 0.2) is 5.96 Å². The lowest BCUT2D eigenvalue weighted by Crippen LogP contribution is -2.38. The Morgan fingerprint density at radius 1 is 1.20 bits per heavy atom. The number of hydrogen-bond acceptors (Lipinski definition) is 5. The Hall–Kier alpha value is -1.89. The first-order valence-electron chi connectivity index (χ1n) is 8.80. The number of nitrogens with one attached hydrogen (secondary N) is 2. The maximum absolute atomic E-state index is 5.26. The summed E-state index contributed by atoms with van der Waals surface area (Å²) in [6, 6.07) is 0. The third-order valence-corrected chi connectivity index (χ3v) is 5.29. The molecule has 0 aliphatic rings. The maximum Gasteiger partial charge on any atom is 0.191 e. The summed E-state index contributed by atoms with van der Waals surface area (Å²) in [7, 11) is 0. The zero-order chi connectivity index (χ0) is 18.4. The number of guanidine groups is 1. The van der Waals surface area contributed by atoms with Crippen LogP contribution in [0, 0.1) is 27.7 Å². The number of aryl methyl sites for hydroxylation is 4. The molecule has 2 aromatic rings. The number of thiazole rings is 1. The fourth-order valence-electron chi connectivity index (χ4n) is 2.79. The summed E-state index contributed by atoms with van der Waals surface area (Å²) in [5, 5.41) is 11.9. The van der Waals surface area contributed by atoms with E-state index in [1.54, 1.807) is 11.3 Å². The number of aliphatic imine (C=N–C) groups is 1. The highest BCUT2D eigenvalue weighted by Gasteiger charge is 2.16. The molecule has 2 N–H and O–H groups in total. The second-order valence-electron chi connectivity index (χ2n) is 6.28. The van der Waals surface area contributed by atoms with Crippen LogP contribution in [-0.2, 0) is 6.42 Å². The van der Waals surface area contributed by atoms with Crippen molar-refractivity contribution in [3.63, 3.8) is 0 Å². The zero-order valence-electron chi connectivity index (χ0n) is 16.1. The Kier molecular flexibility index (Phi) is 6.99.